The van der Waals surface area contributed by atoms with Gasteiger partial charge in [-0.2, -0.15) is 15.4 Å². The van der Waals surface area contributed by atoms with Crippen LogP contribution in [0.15, 0.2) is 18.2 Å². The Kier molecular flexibility index (Phi) is 2.97. The highest BCUT2D eigenvalue weighted by atomic mass is 16.4. The number of aromatic amines is 1. The summed E-state index contributed by atoms with van der Waals surface area (Å²) < 4.78 is 0. The maximum Gasteiger partial charge on any atom is 0.326 e. The molecule has 0 bridgehead atoms. The number of hydrogen-bond donors (Lipinski definition) is 2. The Morgan fingerprint density at radius 2 is 2.00 bits per heavy atom. The number of nitrogens with zero attached hydrogens (tertiary/aromatic N) is 3. The summed E-state index contributed by atoms with van der Waals surface area (Å²) in [5.74, 6) is -1.41. The van der Waals surface area contributed by atoms with E-state index in [4.69, 9.17) is 5.11 Å². The number of aromatic nitrogens is 3. The minimum atomic E-state index is -1.05. The van der Waals surface area contributed by atoms with Gasteiger partial charge in [0, 0.05) is 12.6 Å². The van der Waals surface area contributed by atoms with Crippen molar-refractivity contribution in [3.8, 4) is 0 Å². The number of carbonyl (C=O) groups is 2. The van der Waals surface area contributed by atoms with Gasteiger partial charge in [0.2, 0.25) is 0 Å². The van der Waals surface area contributed by atoms with Gasteiger partial charge in [-0.15, -0.1) is 0 Å². The van der Waals surface area contributed by atoms with Gasteiger partial charge in [-0.05, 0) is 25.1 Å². The highest BCUT2D eigenvalue weighted by Gasteiger charge is 2.22. The Morgan fingerprint density at radius 1 is 1.33 bits per heavy atom. The van der Waals surface area contributed by atoms with Crippen molar-refractivity contribution in [3.05, 3.63) is 23.8 Å². The number of aliphatic carboxylic acids is 1. The van der Waals surface area contributed by atoms with Crippen molar-refractivity contribution >= 4 is 22.9 Å². The van der Waals surface area contributed by atoms with Crippen LogP contribution in [0, 0.1) is 0 Å². The molecular formula is C11H12N4O3. The average Bonchev–Trinajstić information content (AvgIpc) is 2.82. The molecule has 0 aliphatic rings. The van der Waals surface area contributed by atoms with E-state index in [1.807, 2.05) is 0 Å². The first-order valence-corrected chi connectivity index (χ1v) is 5.31. The maximum atomic E-state index is 12.1. The predicted octanol–water partition coefficient (Wildman–Crippen LogP) is 0.503. The molecule has 1 atom stereocenters. The molecule has 18 heavy (non-hydrogen) atoms. The third kappa shape index (κ3) is 2.02. The summed E-state index contributed by atoms with van der Waals surface area (Å²) in [6.07, 6.45) is 0. The minimum absolute atomic E-state index is 0.366. The second-order valence-corrected chi connectivity index (χ2v) is 3.96. The van der Waals surface area contributed by atoms with Gasteiger partial charge < -0.3 is 10.0 Å². The van der Waals surface area contributed by atoms with Crippen LogP contribution in [0.3, 0.4) is 0 Å². The maximum absolute atomic E-state index is 12.1. The van der Waals surface area contributed by atoms with Gasteiger partial charge in [0.1, 0.15) is 17.1 Å². The van der Waals surface area contributed by atoms with Gasteiger partial charge in [-0.1, -0.05) is 0 Å². The van der Waals surface area contributed by atoms with Crippen LogP contribution in [-0.2, 0) is 4.79 Å². The molecule has 1 unspecified atom stereocenters. The van der Waals surface area contributed by atoms with Gasteiger partial charge >= 0.3 is 5.97 Å². The standard InChI is InChI=1S/C11H12N4O3/c1-6(11(17)18)15(2)10(16)7-3-4-8-9(5-7)13-14-12-8/h3-6H,1-2H3,(H,17,18)(H,12,13,14). The molecule has 0 saturated carbocycles. The molecular weight excluding hydrogens is 236 g/mol. The van der Waals surface area contributed by atoms with Gasteiger partial charge in [-0.25, -0.2) is 4.79 Å². The molecule has 0 aliphatic heterocycles. The fourth-order valence-electron chi connectivity index (χ4n) is 1.52. The lowest BCUT2D eigenvalue weighted by molar-refractivity contribution is -0.141. The lowest BCUT2D eigenvalue weighted by atomic mass is 10.1. The molecule has 0 radical (unpaired) electrons. The summed E-state index contributed by atoms with van der Waals surface area (Å²) in [5.41, 5.74) is 1.60. The molecule has 2 N–H and O–H groups in total. The largest absolute Gasteiger partial charge is 0.480 e. The molecule has 0 saturated heterocycles. The molecule has 2 rings (SSSR count). The lowest BCUT2D eigenvalue weighted by Gasteiger charge is -2.21. The fraction of sp³-hybridized carbons (Fsp3) is 0.273. The van der Waals surface area contributed by atoms with Crippen LogP contribution in [0.1, 0.15) is 17.3 Å². The van der Waals surface area contributed by atoms with Crippen molar-refractivity contribution in [3.63, 3.8) is 0 Å². The van der Waals surface area contributed by atoms with E-state index in [1.165, 1.54) is 18.9 Å². The van der Waals surface area contributed by atoms with Crippen LogP contribution >= 0.6 is 0 Å². The summed E-state index contributed by atoms with van der Waals surface area (Å²) in [5, 5.41) is 19.1. The number of likely N-dealkylation sites (N-methyl/N-ethyl adjacent to an activating group) is 1. The van der Waals surface area contributed by atoms with Crippen LogP contribution in [0.4, 0.5) is 0 Å². The number of benzene rings is 1. The summed E-state index contributed by atoms with van der Waals surface area (Å²) in [6.45, 7) is 1.45. The molecule has 2 aromatic rings. The van der Waals surface area contributed by atoms with Crippen molar-refractivity contribution in [1.82, 2.24) is 20.3 Å². The normalized spacial score (nSPS) is 12.3. The summed E-state index contributed by atoms with van der Waals surface area (Å²) in [4.78, 5) is 24.1. The van der Waals surface area contributed by atoms with Gasteiger partial charge in [-0.3, -0.25) is 4.79 Å². The molecule has 0 spiro atoms. The van der Waals surface area contributed by atoms with Crippen molar-refractivity contribution in [1.29, 1.82) is 0 Å². The number of carbonyl (C=O) groups excluding carboxylic acids is 1. The van der Waals surface area contributed by atoms with E-state index in [-0.39, 0.29) is 5.91 Å². The fourth-order valence-corrected chi connectivity index (χ4v) is 1.52. The Balaban J connectivity index is 2.30. The molecule has 94 valence electrons. The molecule has 1 aromatic carbocycles. The summed E-state index contributed by atoms with van der Waals surface area (Å²) in [7, 11) is 1.45. The van der Waals surface area contributed by atoms with Crippen LogP contribution < -0.4 is 0 Å². The number of rotatable bonds is 3. The van der Waals surface area contributed by atoms with Crippen LogP contribution in [-0.4, -0.2) is 50.4 Å². The number of H-pyrrole nitrogens is 1. The quantitative estimate of drug-likeness (QED) is 0.824. The van der Waals surface area contributed by atoms with Gasteiger partial charge in [0.05, 0.1) is 0 Å². The monoisotopic (exact) mass is 248 g/mol. The van der Waals surface area contributed by atoms with E-state index < -0.39 is 12.0 Å². The number of fused-ring (bicyclic) bond motifs is 1. The second-order valence-electron chi connectivity index (χ2n) is 3.96. The van der Waals surface area contributed by atoms with Gasteiger partial charge in [0.25, 0.3) is 5.91 Å². The first-order chi connectivity index (χ1) is 8.50. The topological polar surface area (TPSA) is 99.2 Å². The zero-order valence-electron chi connectivity index (χ0n) is 9.91. The second kappa shape index (κ2) is 4.44. The van der Waals surface area contributed by atoms with E-state index in [0.29, 0.717) is 16.6 Å². The zero-order valence-corrected chi connectivity index (χ0v) is 9.91. The van der Waals surface area contributed by atoms with E-state index in [9.17, 15) is 9.59 Å². The van der Waals surface area contributed by atoms with E-state index in [2.05, 4.69) is 15.4 Å². The van der Waals surface area contributed by atoms with Crippen molar-refractivity contribution in [2.75, 3.05) is 7.05 Å². The molecule has 0 fully saturated rings. The molecule has 0 aliphatic carbocycles. The number of carboxylic acid groups (broad SMARTS) is 1. The summed E-state index contributed by atoms with van der Waals surface area (Å²) in [6, 6.07) is 3.95. The van der Waals surface area contributed by atoms with Crippen LogP contribution in [0.25, 0.3) is 11.0 Å². The van der Waals surface area contributed by atoms with Crippen LogP contribution in [0.5, 0.6) is 0 Å². The van der Waals surface area contributed by atoms with Crippen molar-refractivity contribution in [2.24, 2.45) is 0 Å². The Bertz CT molecular complexity index is 607. The molecule has 7 heteroatoms. The number of hydrogen-bond acceptors (Lipinski definition) is 4. The third-order valence-electron chi connectivity index (χ3n) is 2.82. The number of nitrogens with one attached hydrogen (secondary N) is 1. The highest BCUT2D eigenvalue weighted by molar-refractivity contribution is 5.98. The molecule has 1 heterocycles. The van der Waals surface area contributed by atoms with E-state index in [1.54, 1.807) is 18.2 Å². The smallest absolute Gasteiger partial charge is 0.326 e. The Morgan fingerprint density at radius 3 is 2.67 bits per heavy atom. The van der Waals surface area contributed by atoms with Crippen molar-refractivity contribution < 1.29 is 14.7 Å². The summed E-state index contributed by atoms with van der Waals surface area (Å²) >= 11 is 0. The minimum Gasteiger partial charge on any atom is -0.480 e. The van der Waals surface area contributed by atoms with Crippen molar-refractivity contribution in [2.45, 2.75) is 13.0 Å². The highest BCUT2D eigenvalue weighted by Crippen LogP contribution is 2.13. The number of amides is 1. The third-order valence-corrected chi connectivity index (χ3v) is 2.82. The molecule has 1 aromatic heterocycles. The van der Waals surface area contributed by atoms with Gasteiger partial charge in [0.15, 0.2) is 0 Å². The van der Waals surface area contributed by atoms with E-state index in [0.717, 1.165) is 0 Å². The van der Waals surface area contributed by atoms with E-state index >= 15 is 0 Å². The molecule has 1 amide bonds. The zero-order chi connectivity index (χ0) is 13.3. The first-order valence-electron chi connectivity index (χ1n) is 5.31. The Labute approximate surface area is 102 Å². The SMILES string of the molecule is CC(C(=O)O)N(C)C(=O)c1ccc2n[nH]nc2c1. The Hall–Kier alpha value is -2.44. The lowest BCUT2D eigenvalue weighted by Crippen LogP contribution is -2.40. The molecule has 7 nitrogen and oxygen atoms in total. The predicted molar refractivity (Wildman–Crippen MR) is 63.1 cm³/mol. The first kappa shape index (κ1) is 12.0. The number of carboxylic acids is 1. The van der Waals surface area contributed by atoms with Crippen LogP contribution in [0.2, 0.25) is 0 Å². The average molecular weight is 248 g/mol.